The zero-order valence-electron chi connectivity index (χ0n) is 20.4. The highest BCUT2D eigenvalue weighted by Crippen LogP contribution is 2.46. The van der Waals surface area contributed by atoms with Crippen LogP contribution in [0.1, 0.15) is 53.3 Å². The summed E-state index contributed by atoms with van der Waals surface area (Å²) in [5.74, 6) is 0.140. The molecular formula is C28H25Cl2FN2O4S. The van der Waals surface area contributed by atoms with Crippen molar-refractivity contribution in [1.29, 1.82) is 0 Å². The Labute approximate surface area is 232 Å². The van der Waals surface area contributed by atoms with Gasteiger partial charge in [-0.3, -0.25) is 0 Å². The number of ether oxygens (including phenoxy) is 1. The van der Waals surface area contributed by atoms with Gasteiger partial charge in [-0.1, -0.05) is 40.5 Å². The summed E-state index contributed by atoms with van der Waals surface area (Å²) in [6, 6.07) is 11.0. The number of thiophene rings is 1. The molecule has 2 aromatic carbocycles. The Kier molecular flexibility index (Phi) is 6.84. The third-order valence-electron chi connectivity index (χ3n) is 7.39. The fourth-order valence-electron chi connectivity index (χ4n) is 5.07. The third-order valence-corrected chi connectivity index (χ3v) is 8.96. The molecule has 6 nitrogen and oxygen atoms in total. The van der Waals surface area contributed by atoms with Crippen molar-refractivity contribution in [1.82, 2.24) is 5.16 Å². The largest absolute Gasteiger partial charge is 0.478 e. The molecule has 0 atom stereocenters. The summed E-state index contributed by atoms with van der Waals surface area (Å²) in [5, 5.41) is 17.0. The highest BCUT2D eigenvalue weighted by atomic mass is 35.5. The number of alkyl halides is 1. The minimum absolute atomic E-state index is 0.0300. The average molecular weight is 575 g/mol. The van der Waals surface area contributed by atoms with Gasteiger partial charge in [0, 0.05) is 64.1 Å². The minimum atomic E-state index is -1.45. The molecule has 1 saturated heterocycles. The molecule has 1 saturated carbocycles. The van der Waals surface area contributed by atoms with Gasteiger partial charge in [0.15, 0.2) is 0 Å². The molecule has 3 heterocycles. The summed E-state index contributed by atoms with van der Waals surface area (Å²) < 4.78 is 28.3. The van der Waals surface area contributed by atoms with Crippen molar-refractivity contribution >= 4 is 56.3 Å². The summed E-state index contributed by atoms with van der Waals surface area (Å²) in [5.41, 5.74) is 1.78. The molecule has 0 radical (unpaired) electrons. The molecule has 0 spiro atoms. The van der Waals surface area contributed by atoms with E-state index in [2.05, 4.69) is 10.1 Å². The SMILES string of the molecule is O=C(O)c1csc2cc(N3CCC(F)(COCc4c(-c5c(Cl)cccc5Cl)noc4C4CC4)CC3)ccc12. The van der Waals surface area contributed by atoms with Crippen molar-refractivity contribution in [2.24, 2.45) is 0 Å². The third kappa shape index (κ3) is 4.91. The van der Waals surface area contributed by atoms with Gasteiger partial charge in [0.05, 0.1) is 28.8 Å². The van der Waals surface area contributed by atoms with E-state index < -0.39 is 11.6 Å². The highest BCUT2D eigenvalue weighted by molar-refractivity contribution is 7.17. The van der Waals surface area contributed by atoms with E-state index in [1.807, 2.05) is 18.2 Å². The predicted molar refractivity (Wildman–Crippen MR) is 148 cm³/mol. The maximum absolute atomic E-state index is 15.8. The number of carboxylic acids is 1. The van der Waals surface area contributed by atoms with E-state index in [-0.39, 0.29) is 13.2 Å². The van der Waals surface area contributed by atoms with Crippen molar-refractivity contribution in [2.45, 2.75) is 43.9 Å². The lowest BCUT2D eigenvalue weighted by atomic mass is 9.93. The zero-order valence-corrected chi connectivity index (χ0v) is 22.7. The van der Waals surface area contributed by atoms with E-state index in [4.69, 9.17) is 32.5 Å². The van der Waals surface area contributed by atoms with Crippen LogP contribution in [0, 0.1) is 0 Å². The number of aromatic carboxylic acids is 1. The average Bonchev–Trinajstić information content (AvgIpc) is 3.51. The molecule has 1 aliphatic carbocycles. The second kappa shape index (κ2) is 10.2. The van der Waals surface area contributed by atoms with Crippen molar-refractivity contribution in [2.75, 3.05) is 24.6 Å². The molecule has 38 heavy (non-hydrogen) atoms. The molecule has 2 aromatic heterocycles. The molecule has 198 valence electrons. The summed E-state index contributed by atoms with van der Waals surface area (Å²) in [6.45, 7) is 1.23. The molecule has 1 N–H and O–H groups in total. The van der Waals surface area contributed by atoms with Gasteiger partial charge < -0.3 is 19.3 Å². The van der Waals surface area contributed by atoms with Crippen LogP contribution in [0.2, 0.25) is 10.0 Å². The Hall–Kier alpha value is -2.65. The van der Waals surface area contributed by atoms with Gasteiger partial charge in [0.1, 0.15) is 17.1 Å². The van der Waals surface area contributed by atoms with Crippen LogP contribution in [0.25, 0.3) is 21.3 Å². The van der Waals surface area contributed by atoms with Gasteiger partial charge in [-0.15, -0.1) is 11.3 Å². The summed E-state index contributed by atoms with van der Waals surface area (Å²) in [4.78, 5) is 13.5. The van der Waals surface area contributed by atoms with Gasteiger partial charge in [-0.25, -0.2) is 9.18 Å². The summed E-state index contributed by atoms with van der Waals surface area (Å²) >= 11 is 14.3. The van der Waals surface area contributed by atoms with E-state index in [1.165, 1.54) is 11.3 Å². The fourth-order valence-corrected chi connectivity index (χ4v) is 6.62. The molecule has 10 heteroatoms. The molecule has 1 aliphatic heterocycles. The lowest BCUT2D eigenvalue weighted by Crippen LogP contribution is -2.44. The standard InChI is InChI=1S/C28H25Cl2FN2O4S/c29-21-2-1-3-22(30)24(21)25-19(26(37-32-25)16-4-5-16)13-36-15-28(31)8-10-33(11-9-28)17-6-7-18-20(27(34)35)14-38-23(18)12-17/h1-3,6-7,12,14,16H,4-5,8-11,13,15H2,(H,34,35). The predicted octanol–water partition coefficient (Wildman–Crippen LogP) is 7.96. The monoisotopic (exact) mass is 574 g/mol. The zero-order chi connectivity index (χ0) is 26.4. The smallest absolute Gasteiger partial charge is 0.337 e. The maximum atomic E-state index is 15.8. The molecule has 0 amide bonds. The number of aromatic nitrogens is 1. The molecule has 2 aliphatic rings. The maximum Gasteiger partial charge on any atom is 0.337 e. The fraction of sp³-hybridized carbons (Fsp3) is 0.357. The minimum Gasteiger partial charge on any atom is -0.478 e. The lowest BCUT2D eigenvalue weighted by molar-refractivity contribution is -0.00756. The Morgan fingerprint density at radius 2 is 1.95 bits per heavy atom. The molecule has 0 bridgehead atoms. The number of carboxylic acid groups (broad SMARTS) is 1. The molecule has 0 unspecified atom stereocenters. The Bertz CT molecular complexity index is 1490. The number of carbonyl (C=O) groups is 1. The van der Waals surface area contributed by atoms with Crippen molar-refractivity contribution < 1.29 is 23.6 Å². The summed E-state index contributed by atoms with van der Waals surface area (Å²) in [7, 11) is 0. The first-order chi connectivity index (χ1) is 18.3. The van der Waals surface area contributed by atoms with Gasteiger partial charge in [-0.2, -0.15) is 0 Å². The Morgan fingerprint density at radius 1 is 1.21 bits per heavy atom. The van der Waals surface area contributed by atoms with Gasteiger partial charge >= 0.3 is 5.97 Å². The summed E-state index contributed by atoms with van der Waals surface area (Å²) in [6.07, 6.45) is 2.71. The van der Waals surface area contributed by atoms with E-state index in [1.54, 1.807) is 23.6 Å². The number of nitrogens with zero attached hydrogens (tertiary/aromatic N) is 2. The van der Waals surface area contributed by atoms with Crippen LogP contribution in [0.3, 0.4) is 0 Å². The van der Waals surface area contributed by atoms with Gasteiger partial charge in [0.25, 0.3) is 0 Å². The quantitative estimate of drug-likeness (QED) is 0.230. The van der Waals surface area contributed by atoms with E-state index in [0.717, 1.165) is 39.9 Å². The first-order valence-corrected chi connectivity index (χ1v) is 14.2. The second-order valence-corrected chi connectivity index (χ2v) is 11.7. The van der Waals surface area contributed by atoms with Crippen molar-refractivity contribution in [3.05, 3.63) is 68.7 Å². The topological polar surface area (TPSA) is 75.8 Å². The van der Waals surface area contributed by atoms with Crippen LogP contribution in [0.5, 0.6) is 0 Å². The number of benzene rings is 2. The van der Waals surface area contributed by atoms with Gasteiger partial charge in [0.2, 0.25) is 0 Å². The molecular weight excluding hydrogens is 550 g/mol. The molecule has 4 aromatic rings. The van der Waals surface area contributed by atoms with Crippen LogP contribution in [-0.4, -0.2) is 41.6 Å². The number of halogens is 3. The number of anilines is 1. The number of fused-ring (bicyclic) bond motifs is 1. The number of hydrogen-bond donors (Lipinski definition) is 1. The van der Waals surface area contributed by atoms with Crippen LogP contribution < -0.4 is 4.90 Å². The number of hydrogen-bond acceptors (Lipinski definition) is 6. The van der Waals surface area contributed by atoms with Crippen LogP contribution in [0.4, 0.5) is 10.1 Å². The number of piperidine rings is 1. The normalized spacial score (nSPS) is 17.3. The second-order valence-electron chi connectivity index (χ2n) is 10.0. The van der Waals surface area contributed by atoms with Gasteiger partial charge in [-0.05, 0) is 37.1 Å². The molecule has 6 rings (SSSR count). The Morgan fingerprint density at radius 3 is 2.63 bits per heavy atom. The van der Waals surface area contributed by atoms with E-state index in [0.29, 0.717) is 58.7 Å². The van der Waals surface area contributed by atoms with Crippen LogP contribution >= 0.6 is 34.5 Å². The van der Waals surface area contributed by atoms with Crippen molar-refractivity contribution in [3.8, 4) is 11.3 Å². The Balaban J connectivity index is 1.12. The van der Waals surface area contributed by atoms with Crippen molar-refractivity contribution in [3.63, 3.8) is 0 Å². The number of rotatable bonds is 8. The first-order valence-electron chi connectivity index (χ1n) is 12.5. The van der Waals surface area contributed by atoms with E-state index in [9.17, 15) is 9.90 Å². The highest BCUT2D eigenvalue weighted by Gasteiger charge is 2.37. The van der Waals surface area contributed by atoms with Crippen LogP contribution in [0.15, 0.2) is 46.3 Å². The molecule has 2 fully saturated rings. The van der Waals surface area contributed by atoms with E-state index >= 15 is 4.39 Å². The van der Waals surface area contributed by atoms with Crippen LogP contribution in [-0.2, 0) is 11.3 Å². The lowest BCUT2D eigenvalue weighted by Gasteiger charge is -2.37. The first kappa shape index (κ1) is 25.6.